The zero-order chi connectivity index (χ0) is 22.0. The van der Waals surface area contributed by atoms with Crippen LogP contribution in [0, 0.1) is 12.7 Å². The van der Waals surface area contributed by atoms with Gasteiger partial charge < -0.3 is 9.80 Å². The van der Waals surface area contributed by atoms with Crippen molar-refractivity contribution in [3.63, 3.8) is 0 Å². The van der Waals surface area contributed by atoms with Crippen molar-refractivity contribution in [3.05, 3.63) is 46.5 Å². The quantitative estimate of drug-likeness (QED) is 0.723. The summed E-state index contributed by atoms with van der Waals surface area (Å²) < 4.78 is 14.7. The Morgan fingerprint density at radius 3 is 2.26 bits per heavy atom. The van der Waals surface area contributed by atoms with E-state index in [-0.39, 0.29) is 22.8 Å². The average molecular weight is 448 g/mol. The maximum Gasteiger partial charge on any atom is 0.258 e. The monoisotopic (exact) mass is 447 g/mol. The molecular weight excluding hydrogens is 421 g/mol. The lowest BCUT2D eigenvalue weighted by atomic mass is 10.1. The summed E-state index contributed by atoms with van der Waals surface area (Å²) in [6.45, 7) is 6.21. The second-order valence-electron chi connectivity index (χ2n) is 8.15. The predicted molar refractivity (Wildman–Crippen MR) is 116 cm³/mol. The van der Waals surface area contributed by atoms with Crippen LogP contribution in [0.25, 0.3) is 5.69 Å². The van der Waals surface area contributed by atoms with Crippen molar-refractivity contribution in [2.45, 2.75) is 26.2 Å². The summed E-state index contributed by atoms with van der Waals surface area (Å²) in [5.41, 5.74) is 1.49. The fourth-order valence-electron chi connectivity index (χ4n) is 4.20. The fraction of sp³-hybridized carbons (Fsp3) is 0.500. The van der Waals surface area contributed by atoms with Gasteiger partial charge in [-0.2, -0.15) is 5.10 Å². The second-order valence-corrected chi connectivity index (χ2v) is 8.51. The van der Waals surface area contributed by atoms with Crippen LogP contribution >= 0.6 is 11.6 Å². The number of hydrogen-bond donors (Lipinski definition) is 0. The zero-order valence-electron chi connectivity index (χ0n) is 17.7. The molecule has 0 atom stereocenters. The first-order valence-corrected chi connectivity index (χ1v) is 11.1. The molecule has 2 aromatic rings. The number of nitrogens with zero attached hydrogens (tertiary/aromatic N) is 5. The molecule has 31 heavy (non-hydrogen) atoms. The Bertz CT molecular complexity index is 948. The molecule has 2 fully saturated rings. The minimum Gasteiger partial charge on any atom is -0.342 e. The highest BCUT2D eigenvalue weighted by Crippen LogP contribution is 2.25. The van der Waals surface area contributed by atoms with Gasteiger partial charge in [0.1, 0.15) is 11.0 Å². The molecule has 0 N–H and O–H groups in total. The lowest BCUT2D eigenvalue weighted by Gasteiger charge is -2.36. The van der Waals surface area contributed by atoms with Gasteiger partial charge in [0.25, 0.3) is 5.91 Å². The van der Waals surface area contributed by atoms with Crippen LogP contribution in [0.2, 0.25) is 5.15 Å². The minimum atomic E-state index is -0.350. The molecule has 3 heterocycles. The number of aromatic nitrogens is 2. The molecule has 2 amide bonds. The molecule has 4 rings (SSSR count). The molecule has 0 saturated carbocycles. The third-order valence-electron chi connectivity index (χ3n) is 6.02. The van der Waals surface area contributed by atoms with E-state index in [0.717, 1.165) is 25.9 Å². The molecule has 2 aliphatic heterocycles. The lowest BCUT2D eigenvalue weighted by molar-refractivity contribution is -0.133. The van der Waals surface area contributed by atoms with Crippen LogP contribution in [0.3, 0.4) is 0 Å². The molecule has 0 bridgehead atoms. The van der Waals surface area contributed by atoms with E-state index in [0.29, 0.717) is 49.7 Å². The third kappa shape index (κ3) is 4.75. The summed E-state index contributed by atoms with van der Waals surface area (Å²) in [6, 6.07) is 5.79. The summed E-state index contributed by atoms with van der Waals surface area (Å²) in [5, 5.41) is 4.61. The van der Waals surface area contributed by atoms with Gasteiger partial charge in [0.05, 0.1) is 23.5 Å². The number of amides is 2. The van der Waals surface area contributed by atoms with Crippen LogP contribution < -0.4 is 0 Å². The number of benzene rings is 1. The highest BCUT2D eigenvalue weighted by molar-refractivity contribution is 6.33. The Morgan fingerprint density at radius 2 is 1.61 bits per heavy atom. The zero-order valence-corrected chi connectivity index (χ0v) is 18.4. The van der Waals surface area contributed by atoms with Gasteiger partial charge in [-0.05, 0) is 50.5 Å². The standard InChI is InChI=1S/C22H27ClFN5O2/c1-16-20(21(23)29(25-16)18-7-5-17(24)6-8-18)22(31)28-13-11-26(12-14-28)15-19(30)27-9-3-2-4-10-27/h5-8H,2-4,9-15H2,1H3. The molecule has 0 radical (unpaired) electrons. The summed E-state index contributed by atoms with van der Waals surface area (Å²) in [5.74, 6) is -0.339. The third-order valence-corrected chi connectivity index (χ3v) is 6.37. The SMILES string of the molecule is Cc1nn(-c2ccc(F)cc2)c(Cl)c1C(=O)N1CCN(CC(=O)N2CCCCC2)CC1. The number of hydrogen-bond acceptors (Lipinski definition) is 4. The molecule has 2 aliphatic rings. The van der Waals surface area contributed by atoms with E-state index in [1.54, 1.807) is 24.0 Å². The van der Waals surface area contributed by atoms with Gasteiger partial charge in [0.15, 0.2) is 0 Å². The van der Waals surface area contributed by atoms with Crippen LogP contribution in [0.4, 0.5) is 4.39 Å². The number of aryl methyl sites for hydroxylation is 1. The largest absolute Gasteiger partial charge is 0.342 e. The van der Waals surface area contributed by atoms with E-state index in [9.17, 15) is 14.0 Å². The van der Waals surface area contributed by atoms with Crippen molar-refractivity contribution in [3.8, 4) is 5.69 Å². The van der Waals surface area contributed by atoms with E-state index < -0.39 is 0 Å². The summed E-state index contributed by atoms with van der Waals surface area (Å²) in [4.78, 5) is 31.5. The smallest absolute Gasteiger partial charge is 0.258 e. The lowest BCUT2D eigenvalue weighted by Crippen LogP contribution is -2.52. The second kappa shape index (κ2) is 9.36. The van der Waals surface area contributed by atoms with Gasteiger partial charge in [-0.1, -0.05) is 11.6 Å². The van der Waals surface area contributed by atoms with Crippen LogP contribution in [0.1, 0.15) is 35.3 Å². The van der Waals surface area contributed by atoms with Gasteiger partial charge >= 0.3 is 0 Å². The summed E-state index contributed by atoms with van der Waals surface area (Å²) >= 11 is 6.50. The number of rotatable bonds is 4. The minimum absolute atomic E-state index is 0.169. The Kier molecular flexibility index (Phi) is 6.57. The van der Waals surface area contributed by atoms with Gasteiger partial charge in [-0.25, -0.2) is 9.07 Å². The van der Waals surface area contributed by atoms with Crippen molar-refractivity contribution < 1.29 is 14.0 Å². The Hall–Kier alpha value is -2.45. The summed E-state index contributed by atoms with van der Waals surface area (Å²) in [6.07, 6.45) is 3.36. The number of piperidine rings is 1. The van der Waals surface area contributed by atoms with Crippen LogP contribution in [-0.2, 0) is 4.79 Å². The first kappa shape index (κ1) is 21.8. The van der Waals surface area contributed by atoms with Crippen LogP contribution in [0.5, 0.6) is 0 Å². The van der Waals surface area contributed by atoms with Gasteiger partial charge in [-0.15, -0.1) is 0 Å². The molecule has 0 spiro atoms. The Balaban J connectivity index is 1.38. The molecule has 0 aliphatic carbocycles. The van der Waals surface area contributed by atoms with Crippen LogP contribution in [0.15, 0.2) is 24.3 Å². The van der Waals surface area contributed by atoms with Crippen molar-refractivity contribution in [1.82, 2.24) is 24.5 Å². The van der Waals surface area contributed by atoms with Crippen LogP contribution in [-0.4, -0.2) is 82.1 Å². The van der Waals surface area contributed by atoms with E-state index >= 15 is 0 Å². The van der Waals surface area contributed by atoms with Crippen molar-refractivity contribution in [2.75, 3.05) is 45.8 Å². The normalized spacial score (nSPS) is 17.8. The molecule has 9 heteroatoms. The van der Waals surface area contributed by atoms with Gasteiger partial charge in [0.2, 0.25) is 5.91 Å². The Labute approximate surface area is 186 Å². The van der Waals surface area contributed by atoms with Gasteiger partial charge in [0, 0.05) is 39.3 Å². The van der Waals surface area contributed by atoms with Crippen molar-refractivity contribution in [2.24, 2.45) is 0 Å². The molecule has 2 saturated heterocycles. The number of carbonyl (C=O) groups excluding carboxylic acids is 2. The molecular formula is C22H27ClFN5O2. The Morgan fingerprint density at radius 1 is 0.968 bits per heavy atom. The maximum atomic E-state index is 13.2. The number of likely N-dealkylation sites (tertiary alicyclic amines) is 1. The van der Waals surface area contributed by atoms with Crippen molar-refractivity contribution in [1.29, 1.82) is 0 Å². The summed E-state index contributed by atoms with van der Waals surface area (Å²) in [7, 11) is 0. The predicted octanol–water partition coefficient (Wildman–Crippen LogP) is 2.74. The molecule has 166 valence electrons. The van der Waals surface area contributed by atoms with E-state index in [1.807, 2.05) is 4.90 Å². The molecule has 1 aromatic heterocycles. The van der Waals surface area contributed by atoms with Crippen molar-refractivity contribution >= 4 is 23.4 Å². The molecule has 0 unspecified atom stereocenters. The highest BCUT2D eigenvalue weighted by atomic mass is 35.5. The number of carbonyl (C=O) groups is 2. The fourth-order valence-corrected chi connectivity index (χ4v) is 4.55. The van der Waals surface area contributed by atoms with E-state index in [1.165, 1.54) is 23.2 Å². The topological polar surface area (TPSA) is 61.7 Å². The maximum absolute atomic E-state index is 13.2. The molecule has 1 aromatic carbocycles. The number of halogens is 2. The average Bonchev–Trinajstić information content (AvgIpc) is 3.08. The highest BCUT2D eigenvalue weighted by Gasteiger charge is 2.29. The first-order valence-electron chi connectivity index (χ1n) is 10.7. The molecule has 7 nitrogen and oxygen atoms in total. The van der Waals surface area contributed by atoms with Gasteiger partial charge in [-0.3, -0.25) is 14.5 Å². The van der Waals surface area contributed by atoms with E-state index in [2.05, 4.69) is 10.00 Å². The number of piperazine rings is 1. The van der Waals surface area contributed by atoms with E-state index in [4.69, 9.17) is 11.6 Å². The first-order chi connectivity index (χ1) is 14.9.